The molecule has 0 radical (unpaired) electrons. The van der Waals surface area contributed by atoms with Crippen molar-refractivity contribution in [2.75, 3.05) is 6.61 Å². The summed E-state index contributed by atoms with van der Waals surface area (Å²) >= 11 is 0. The normalized spacial score (nSPS) is 23.4. The molecule has 0 bridgehead atoms. The van der Waals surface area contributed by atoms with Crippen LogP contribution in [0.15, 0.2) is 57.3 Å². The molecule has 210 valence electrons. The van der Waals surface area contributed by atoms with Crippen LogP contribution in [0.5, 0.6) is 5.75 Å². The molecule has 1 saturated heterocycles. The zero-order valence-electron chi connectivity index (χ0n) is 21.4. The van der Waals surface area contributed by atoms with Gasteiger partial charge in [0.05, 0.1) is 6.10 Å². The Bertz CT molecular complexity index is 1360. The van der Waals surface area contributed by atoms with E-state index in [0.29, 0.717) is 0 Å². The van der Waals surface area contributed by atoms with Crippen LogP contribution >= 0.6 is 8.18 Å². The molecule has 5 atom stereocenters. The van der Waals surface area contributed by atoms with Crippen LogP contribution in [-0.4, -0.2) is 66.7 Å². The predicted molar refractivity (Wildman–Crippen MR) is 133 cm³/mol. The van der Waals surface area contributed by atoms with Gasteiger partial charge in [0.2, 0.25) is 5.72 Å². The zero-order valence-corrected chi connectivity index (χ0v) is 22.3. The Morgan fingerprint density at radius 1 is 1.31 bits per heavy atom. The van der Waals surface area contributed by atoms with Gasteiger partial charge in [0.1, 0.15) is 23.6 Å². The van der Waals surface area contributed by atoms with Crippen LogP contribution in [0.2, 0.25) is 0 Å². The minimum Gasteiger partial charge on any atom is -0.461 e. The van der Waals surface area contributed by atoms with E-state index in [1.807, 2.05) is 4.98 Å². The average Bonchev–Trinajstić information content (AvgIpc) is 3.11. The lowest BCUT2D eigenvalue weighted by atomic mass is 10.1. The number of nitrogens with one attached hydrogen (secondary N) is 1. The predicted octanol–water partition coefficient (Wildman–Crippen LogP) is 1.49. The Hall–Kier alpha value is -3.62. The third-order valence-electron chi connectivity index (χ3n) is 5.53. The molecule has 1 aliphatic rings. The van der Waals surface area contributed by atoms with Crippen molar-refractivity contribution in [3.8, 4) is 5.75 Å². The molecule has 1 aliphatic heterocycles. The monoisotopic (exact) mass is 567 g/mol. The van der Waals surface area contributed by atoms with Gasteiger partial charge in [-0.3, -0.25) is 14.3 Å². The fourth-order valence-corrected chi connectivity index (χ4v) is 4.55. The van der Waals surface area contributed by atoms with Gasteiger partial charge in [-0.2, -0.15) is 0 Å². The second-order valence-electron chi connectivity index (χ2n) is 9.20. The highest BCUT2D eigenvalue weighted by Gasteiger charge is 2.59. The summed E-state index contributed by atoms with van der Waals surface area (Å²) in [4.78, 5) is 47.5. The molecule has 17 heteroatoms. The van der Waals surface area contributed by atoms with Gasteiger partial charge in [-0.1, -0.05) is 23.3 Å². The molecule has 2 heterocycles. The molecule has 39 heavy (non-hydrogen) atoms. The van der Waals surface area contributed by atoms with Crippen molar-refractivity contribution in [3.63, 3.8) is 0 Å². The topological polar surface area (TPSA) is 218 Å². The van der Waals surface area contributed by atoms with Gasteiger partial charge in [-0.25, -0.2) is 9.59 Å². The fourth-order valence-electron chi connectivity index (χ4n) is 3.50. The van der Waals surface area contributed by atoms with E-state index in [4.69, 9.17) is 24.4 Å². The summed E-state index contributed by atoms with van der Waals surface area (Å²) < 4.78 is 30.4. The summed E-state index contributed by atoms with van der Waals surface area (Å²) in [7, 11) is -3.10. The number of hydrogen-bond acceptors (Lipinski definition) is 11. The average molecular weight is 567 g/mol. The van der Waals surface area contributed by atoms with Gasteiger partial charge in [0.25, 0.3) is 5.56 Å². The number of rotatable bonds is 11. The maximum Gasteiger partial charge on any atom is 0.653 e. The SMILES string of the molecule is CC(C)OC(=O)C(C)(C)N(Oc1ccccc1)[P+](=O)OC[C@@]1(N=[N+]=[N-])O[C@@H](n2ccc(=O)[nH]c2=O)[C@H](O)[C@@H]1O. The first-order chi connectivity index (χ1) is 18.3. The first-order valence-electron chi connectivity index (χ1n) is 11.6. The number of aromatic nitrogens is 2. The molecule has 2 aromatic rings. The Labute approximate surface area is 222 Å². The van der Waals surface area contributed by atoms with Crippen molar-refractivity contribution in [1.82, 2.24) is 14.4 Å². The van der Waals surface area contributed by atoms with Gasteiger partial charge in [0.15, 0.2) is 17.5 Å². The number of aromatic amines is 1. The molecule has 0 saturated carbocycles. The highest BCUT2D eigenvalue weighted by atomic mass is 31.1. The van der Waals surface area contributed by atoms with Gasteiger partial charge in [-0.15, -0.1) is 4.52 Å². The van der Waals surface area contributed by atoms with Crippen molar-refractivity contribution in [3.05, 3.63) is 73.9 Å². The van der Waals surface area contributed by atoms with E-state index in [2.05, 4.69) is 10.0 Å². The van der Waals surface area contributed by atoms with Crippen LogP contribution in [0.25, 0.3) is 10.4 Å². The van der Waals surface area contributed by atoms with Crippen molar-refractivity contribution < 1.29 is 38.4 Å². The van der Waals surface area contributed by atoms with Crippen LogP contribution in [-0.2, 0) is 23.4 Å². The number of H-pyrrole nitrogens is 1. The molecule has 0 aliphatic carbocycles. The summed E-state index contributed by atoms with van der Waals surface area (Å²) in [6.07, 6.45) is -4.92. The Balaban J connectivity index is 1.90. The second-order valence-corrected chi connectivity index (χ2v) is 10.3. The van der Waals surface area contributed by atoms with Crippen molar-refractivity contribution in [2.24, 2.45) is 5.11 Å². The zero-order chi connectivity index (χ0) is 29.0. The van der Waals surface area contributed by atoms with E-state index in [0.717, 1.165) is 21.7 Å². The van der Waals surface area contributed by atoms with Crippen molar-refractivity contribution in [1.29, 1.82) is 0 Å². The molecule has 1 fully saturated rings. The number of aliphatic hydroxyl groups excluding tert-OH is 2. The van der Waals surface area contributed by atoms with Crippen LogP contribution in [0.3, 0.4) is 0 Å². The number of para-hydroxylation sites is 1. The number of nitrogens with zero attached hydrogens (tertiary/aromatic N) is 5. The molecular weight excluding hydrogens is 539 g/mol. The lowest BCUT2D eigenvalue weighted by Gasteiger charge is -2.28. The van der Waals surface area contributed by atoms with E-state index < -0.39 is 67.8 Å². The fraction of sp³-hybridized carbons (Fsp3) is 0.500. The maximum atomic E-state index is 13.4. The van der Waals surface area contributed by atoms with Crippen LogP contribution in [0.1, 0.15) is 33.9 Å². The van der Waals surface area contributed by atoms with Gasteiger partial charge >= 0.3 is 19.8 Å². The number of ether oxygens (including phenoxy) is 2. The quantitative estimate of drug-likeness (QED) is 0.0882. The lowest BCUT2D eigenvalue weighted by molar-refractivity contribution is -0.170. The standard InChI is InChI=1S/C22H27N6O10P/c1-13(2)36-19(32)21(3,4)28(38-14-8-6-5-7-9-14)39(34)35-12-22(25-26-23)17(31)16(30)18(37-22)27-11-10-15(29)24-20(27)33/h5-11,13,16-18,30-31H,12H2,1-4H3/p+1/t16-,17+,18-,22-/m1/s1. The molecule has 0 amide bonds. The van der Waals surface area contributed by atoms with Crippen LogP contribution in [0.4, 0.5) is 0 Å². The van der Waals surface area contributed by atoms with Crippen LogP contribution < -0.4 is 16.1 Å². The van der Waals surface area contributed by atoms with E-state index in [-0.39, 0.29) is 5.75 Å². The van der Waals surface area contributed by atoms with E-state index in [1.54, 1.807) is 32.0 Å². The Morgan fingerprint density at radius 2 is 1.97 bits per heavy atom. The minimum atomic E-state index is -3.10. The number of azide groups is 1. The highest BCUT2D eigenvalue weighted by Crippen LogP contribution is 2.43. The summed E-state index contributed by atoms with van der Waals surface area (Å²) in [5.41, 5.74) is 3.39. The first-order valence-corrected chi connectivity index (χ1v) is 12.7. The largest absolute Gasteiger partial charge is 0.653 e. The molecule has 1 unspecified atom stereocenters. The van der Waals surface area contributed by atoms with E-state index in [9.17, 15) is 29.2 Å². The van der Waals surface area contributed by atoms with Crippen molar-refractivity contribution >= 4 is 14.1 Å². The smallest absolute Gasteiger partial charge is 0.461 e. The molecule has 1 aromatic heterocycles. The van der Waals surface area contributed by atoms with Gasteiger partial charge in [0, 0.05) is 17.2 Å². The minimum absolute atomic E-state index is 0.199. The number of benzene rings is 1. The lowest BCUT2D eigenvalue weighted by Crippen LogP contribution is -2.50. The van der Waals surface area contributed by atoms with Crippen molar-refractivity contribution in [2.45, 2.75) is 63.5 Å². The Kier molecular flexibility index (Phi) is 9.25. The number of carbonyl (C=O) groups is 1. The van der Waals surface area contributed by atoms with E-state index >= 15 is 0 Å². The number of hydrogen-bond donors (Lipinski definition) is 3. The number of esters is 1. The number of carbonyl (C=O) groups excluding carboxylic acids is 1. The summed E-state index contributed by atoms with van der Waals surface area (Å²) in [5.74, 6) is -0.597. The summed E-state index contributed by atoms with van der Waals surface area (Å²) in [6, 6.07) is 9.04. The maximum absolute atomic E-state index is 13.4. The molecule has 3 N–H and O–H groups in total. The van der Waals surface area contributed by atoms with Gasteiger partial charge in [-0.05, 0) is 49.9 Å². The first kappa shape index (κ1) is 29.9. The second kappa shape index (κ2) is 12.1. The molecule has 0 spiro atoms. The third kappa shape index (κ3) is 6.52. The molecular formula is C22H28N6O10P+. The van der Waals surface area contributed by atoms with Crippen LogP contribution in [0, 0.1) is 0 Å². The summed E-state index contributed by atoms with van der Waals surface area (Å²) in [6.45, 7) is 5.10. The Morgan fingerprint density at radius 3 is 2.56 bits per heavy atom. The molecule has 16 nitrogen and oxygen atoms in total. The number of hydroxylamine groups is 1. The molecule has 3 rings (SSSR count). The summed E-state index contributed by atoms with van der Waals surface area (Å²) in [5, 5.41) is 24.7. The third-order valence-corrected chi connectivity index (χ3v) is 6.76. The number of aliphatic hydroxyl groups is 2. The molecule has 1 aromatic carbocycles. The van der Waals surface area contributed by atoms with E-state index in [1.165, 1.54) is 26.0 Å². The highest BCUT2D eigenvalue weighted by molar-refractivity contribution is 7.36. The van der Waals surface area contributed by atoms with Gasteiger partial charge < -0.3 is 24.5 Å².